The Bertz CT molecular complexity index is 849. The molecule has 7 heteroatoms. The third kappa shape index (κ3) is 4.31. The standard InChI is InChI=1S/C21H30N2O4S/c1-15(2)13-18-19(21(18,3)4)20(24)22-14-16-5-7-17(8-6-16)28(25,26)23-9-11-27-12-10-23/h5-8,13,18-19H,9-12,14H2,1-4H3,(H,22,24)/t18-,19+/m0/s1. The van der Waals surface area contributed by atoms with Gasteiger partial charge in [0.15, 0.2) is 0 Å². The van der Waals surface area contributed by atoms with E-state index in [0.717, 1.165) is 5.56 Å². The maximum absolute atomic E-state index is 12.7. The van der Waals surface area contributed by atoms with E-state index in [2.05, 4.69) is 39.1 Å². The lowest BCUT2D eigenvalue weighted by atomic mass is 10.1. The number of amides is 1. The summed E-state index contributed by atoms with van der Waals surface area (Å²) in [6.45, 7) is 10.3. The molecular weight excluding hydrogens is 376 g/mol. The smallest absolute Gasteiger partial charge is 0.243 e. The lowest BCUT2D eigenvalue weighted by Crippen LogP contribution is -2.40. The van der Waals surface area contributed by atoms with Gasteiger partial charge in [0.05, 0.1) is 24.0 Å². The van der Waals surface area contributed by atoms with Crippen LogP contribution in [0.25, 0.3) is 0 Å². The van der Waals surface area contributed by atoms with Crippen LogP contribution in [0, 0.1) is 17.3 Å². The number of carbonyl (C=O) groups is 1. The van der Waals surface area contributed by atoms with Gasteiger partial charge in [0.1, 0.15) is 0 Å². The first-order chi connectivity index (χ1) is 13.1. The van der Waals surface area contributed by atoms with E-state index in [1.807, 2.05) is 0 Å². The van der Waals surface area contributed by atoms with Crippen molar-refractivity contribution in [3.8, 4) is 0 Å². The number of nitrogens with one attached hydrogen (secondary N) is 1. The van der Waals surface area contributed by atoms with Crippen LogP contribution < -0.4 is 5.32 Å². The third-order valence-corrected chi connectivity index (χ3v) is 7.62. The number of ether oxygens (including phenoxy) is 1. The summed E-state index contributed by atoms with van der Waals surface area (Å²) in [5.41, 5.74) is 2.09. The maximum Gasteiger partial charge on any atom is 0.243 e. The summed E-state index contributed by atoms with van der Waals surface area (Å²) >= 11 is 0. The number of nitrogens with zero attached hydrogens (tertiary/aromatic N) is 1. The molecule has 0 spiro atoms. The Labute approximate surface area is 168 Å². The molecule has 1 aliphatic heterocycles. The molecule has 3 rings (SSSR count). The van der Waals surface area contributed by atoms with Crippen molar-refractivity contribution in [2.45, 2.75) is 39.1 Å². The molecular formula is C21H30N2O4S. The summed E-state index contributed by atoms with van der Waals surface area (Å²) in [7, 11) is -3.49. The van der Waals surface area contributed by atoms with Gasteiger partial charge in [0.25, 0.3) is 0 Å². The zero-order valence-corrected chi connectivity index (χ0v) is 17.9. The van der Waals surface area contributed by atoms with Gasteiger partial charge in [-0.05, 0) is 42.9 Å². The van der Waals surface area contributed by atoms with Crippen LogP contribution in [-0.2, 0) is 26.1 Å². The van der Waals surface area contributed by atoms with Crippen LogP contribution in [0.5, 0.6) is 0 Å². The molecule has 2 aliphatic rings. The van der Waals surface area contributed by atoms with E-state index >= 15 is 0 Å². The fraction of sp³-hybridized carbons (Fsp3) is 0.571. The molecule has 28 heavy (non-hydrogen) atoms. The van der Waals surface area contributed by atoms with Crippen LogP contribution in [0.1, 0.15) is 33.3 Å². The minimum atomic E-state index is -3.49. The Morgan fingerprint density at radius 1 is 1.21 bits per heavy atom. The monoisotopic (exact) mass is 406 g/mol. The van der Waals surface area contributed by atoms with Gasteiger partial charge in [-0.1, -0.05) is 37.6 Å². The van der Waals surface area contributed by atoms with E-state index in [1.165, 1.54) is 9.88 Å². The fourth-order valence-electron chi connectivity index (χ4n) is 3.86. The maximum atomic E-state index is 12.7. The van der Waals surface area contributed by atoms with E-state index in [9.17, 15) is 13.2 Å². The molecule has 1 heterocycles. The quantitative estimate of drug-likeness (QED) is 0.737. The van der Waals surface area contributed by atoms with Crippen LogP contribution in [0.4, 0.5) is 0 Å². The van der Waals surface area contributed by atoms with E-state index in [4.69, 9.17) is 4.74 Å². The molecule has 1 aliphatic carbocycles. The Balaban J connectivity index is 1.59. The number of hydrogen-bond donors (Lipinski definition) is 1. The van der Waals surface area contributed by atoms with Crippen molar-refractivity contribution in [1.82, 2.24) is 9.62 Å². The van der Waals surface area contributed by atoms with Crippen molar-refractivity contribution in [2.75, 3.05) is 26.3 Å². The Hall–Kier alpha value is -1.70. The molecule has 1 saturated heterocycles. The van der Waals surface area contributed by atoms with E-state index in [0.29, 0.717) is 32.8 Å². The van der Waals surface area contributed by atoms with Crippen molar-refractivity contribution >= 4 is 15.9 Å². The zero-order chi connectivity index (χ0) is 20.5. The highest BCUT2D eigenvalue weighted by molar-refractivity contribution is 7.89. The molecule has 0 bridgehead atoms. The van der Waals surface area contributed by atoms with Gasteiger partial charge in [-0.15, -0.1) is 0 Å². The molecule has 2 atom stereocenters. The number of rotatable bonds is 6. The predicted octanol–water partition coefficient (Wildman–Crippen LogP) is 2.56. The van der Waals surface area contributed by atoms with Gasteiger partial charge < -0.3 is 10.1 Å². The van der Waals surface area contributed by atoms with Crippen LogP contribution in [0.2, 0.25) is 0 Å². The molecule has 0 aromatic heterocycles. The Morgan fingerprint density at radius 3 is 2.39 bits per heavy atom. The van der Waals surface area contributed by atoms with Crippen molar-refractivity contribution in [1.29, 1.82) is 0 Å². The molecule has 1 amide bonds. The third-order valence-electron chi connectivity index (χ3n) is 5.70. The molecule has 6 nitrogen and oxygen atoms in total. The first kappa shape index (κ1) is 21.0. The van der Waals surface area contributed by atoms with Crippen LogP contribution >= 0.6 is 0 Å². The molecule has 2 fully saturated rings. The van der Waals surface area contributed by atoms with Gasteiger partial charge in [-0.3, -0.25) is 4.79 Å². The summed E-state index contributed by atoms with van der Waals surface area (Å²) in [5, 5.41) is 3.00. The van der Waals surface area contributed by atoms with Crippen LogP contribution in [0.3, 0.4) is 0 Å². The number of benzene rings is 1. The van der Waals surface area contributed by atoms with Crippen LogP contribution in [-0.4, -0.2) is 44.9 Å². The van der Waals surface area contributed by atoms with Crippen molar-refractivity contribution < 1.29 is 17.9 Å². The van der Waals surface area contributed by atoms with Crippen molar-refractivity contribution in [3.63, 3.8) is 0 Å². The summed E-state index contributed by atoms with van der Waals surface area (Å²) < 4.78 is 32.0. The van der Waals surface area contributed by atoms with Gasteiger partial charge in [-0.2, -0.15) is 4.31 Å². The van der Waals surface area contributed by atoms with E-state index < -0.39 is 10.0 Å². The molecule has 1 aromatic carbocycles. The van der Waals surface area contributed by atoms with Gasteiger partial charge in [-0.25, -0.2) is 8.42 Å². The highest BCUT2D eigenvalue weighted by Gasteiger charge is 2.60. The second-order valence-electron chi connectivity index (χ2n) is 8.45. The Kier molecular flexibility index (Phi) is 5.98. The summed E-state index contributed by atoms with van der Waals surface area (Å²) in [4.78, 5) is 12.8. The number of carbonyl (C=O) groups excluding carboxylic acids is 1. The highest BCUT2D eigenvalue weighted by Crippen LogP contribution is 2.59. The number of sulfonamides is 1. The molecule has 0 unspecified atom stereocenters. The number of allylic oxidation sites excluding steroid dienone is 2. The topological polar surface area (TPSA) is 75.7 Å². The summed E-state index contributed by atoms with van der Waals surface area (Å²) in [6, 6.07) is 6.75. The SMILES string of the molecule is CC(C)=C[C@H]1[C@H](C(=O)NCc2ccc(S(=O)(=O)N3CCOCC3)cc2)C1(C)C. The lowest BCUT2D eigenvalue weighted by molar-refractivity contribution is -0.123. The van der Waals surface area contributed by atoms with Crippen molar-refractivity contribution in [3.05, 3.63) is 41.5 Å². The van der Waals surface area contributed by atoms with Crippen LogP contribution in [0.15, 0.2) is 40.8 Å². The minimum absolute atomic E-state index is 0.0108. The second kappa shape index (κ2) is 7.97. The van der Waals surface area contributed by atoms with E-state index in [1.54, 1.807) is 24.3 Å². The highest BCUT2D eigenvalue weighted by atomic mass is 32.2. The lowest BCUT2D eigenvalue weighted by Gasteiger charge is -2.26. The number of hydrogen-bond acceptors (Lipinski definition) is 4. The zero-order valence-electron chi connectivity index (χ0n) is 17.1. The molecule has 1 N–H and O–H groups in total. The normalized spacial score (nSPS) is 24.4. The summed E-state index contributed by atoms with van der Waals surface area (Å²) in [5.74, 6) is 0.319. The average Bonchev–Trinajstić information content (AvgIpc) is 3.20. The Morgan fingerprint density at radius 2 is 1.82 bits per heavy atom. The molecule has 1 aromatic rings. The second-order valence-corrected chi connectivity index (χ2v) is 10.4. The first-order valence-electron chi connectivity index (χ1n) is 9.73. The fourth-order valence-corrected chi connectivity index (χ4v) is 5.27. The molecule has 154 valence electrons. The minimum Gasteiger partial charge on any atom is -0.379 e. The summed E-state index contributed by atoms with van der Waals surface area (Å²) in [6.07, 6.45) is 2.18. The first-order valence-corrected chi connectivity index (χ1v) is 11.2. The number of morpholine rings is 1. The predicted molar refractivity (Wildman–Crippen MR) is 108 cm³/mol. The van der Waals surface area contributed by atoms with Crippen molar-refractivity contribution in [2.24, 2.45) is 17.3 Å². The van der Waals surface area contributed by atoms with Gasteiger partial charge in [0.2, 0.25) is 15.9 Å². The largest absolute Gasteiger partial charge is 0.379 e. The van der Waals surface area contributed by atoms with Gasteiger partial charge >= 0.3 is 0 Å². The van der Waals surface area contributed by atoms with Gasteiger partial charge in [0, 0.05) is 19.6 Å². The molecule has 1 saturated carbocycles. The average molecular weight is 407 g/mol. The molecule has 0 radical (unpaired) electrons. The van der Waals surface area contributed by atoms with E-state index in [-0.39, 0.29) is 28.1 Å².